The van der Waals surface area contributed by atoms with Crippen LogP contribution in [0.4, 0.5) is 0 Å². The Morgan fingerprint density at radius 3 is 2.85 bits per heavy atom. The summed E-state index contributed by atoms with van der Waals surface area (Å²) in [6.45, 7) is 4.61. The van der Waals surface area contributed by atoms with Crippen molar-refractivity contribution >= 4 is 5.91 Å². The summed E-state index contributed by atoms with van der Waals surface area (Å²) < 4.78 is 1.60. The average molecular weight is 181 g/mol. The first-order valence-corrected chi connectivity index (χ1v) is 4.44. The van der Waals surface area contributed by atoms with Crippen LogP contribution in [-0.4, -0.2) is 22.2 Å². The lowest BCUT2D eigenvalue weighted by Gasteiger charge is -2.02. The van der Waals surface area contributed by atoms with Crippen LogP contribution in [0, 0.1) is 6.92 Å². The second kappa shape index (κ2) is 4.07. The van der Waals surface area contributed by atoms with Crippen LogP contribution in [0.3, 0.4) is 0 Å². The normalized spacial score (nSPS) is 10.1. The third-order valence-electron chi connectivity index (χ3n) is 1.77. The number of hydrogen-bond acceptors (Lipinski definition) is 2. The van der Waals surface area contributed by atoms with Crippen molar-refractivity contribution in [3.8, 4) is 0 Å². The van der Waals surface area contributed by atoms with E-state index >= 15 is 0 Å². The molecule has 0 atom stereocenters. The van der Waals surface area contributed by atoms with Crippen molar-refractivity contribution in [2.24, 2.45) is 7.05 Å². The summed E-state index contributed by atoms with van der Waals surface area (Å²) in [4.78, 5) is 11.5. The highest BCUT2D eigenvalue weighted by Crippen LogP contribution is 2.00. The summed E-state index contributed by atoms with van der Waals surface area (Å²) in [5.74, 6) is -0.0510. The number of amides is 1. The molecule has 0 aliphatic heterocycles. The van der Waals surface area contributed by atoms with Gasteiger partial charge >= 0.3 is 0 Å². The first-order chi connectivity index (χ1) is 6.15. The number of carbonyl (C=O) groups is 1. The molecular weight excluding hydrogens is 166 g/mol. The predicted octanol–water partition coefficient (Wildman–Crippen LogP) is 0.868. The SMILES string of the molecule is CCCNC(=O)c1cc(C)nn1C. The fourth-order valence-corrected chi connectivity index (χ4v) is 1.15. The zero-order valence-electron chi connectivity index (χ0n) is 8.29. The Bertz CT molecular complexity index is 304. The predicted molar refractivity (Wildman–Crippen MR) is 50.6 cm³/mol. The number of aryl methyl sites for hydroxylation is 2. The molecule has 1 aromatic heterocycles. The van der Waals surface area contributed by atoms with Gasteiger partial charge in [-0.3, -0.25) is 9.48 Å². The second-order valence-corrected chi connectivity index (χ2v) is 3.05. The summed E-state index contributed by atoms with van der Waals surface area (Å²) in [5, 5.41) is 6.90. The highest BCUT2D eigenvalue weighted by Gasteiger charge is 2.09. The molecule has 0 radical (unpaired) electrons. The molecular formula is C9H15N3O. The molecule has 13 heavy (non-hydrogen) atoms. The van der Waals surface area contributed by atoms with Gasteiger partial charge in [-0.25, -0.2) is 0 Å². The molecule has 0 saturated carbocycles. The number of nitrogens with zero attached hydrogens (tertiary/aromatic N) is 2. The Labute approximate surface area is 77.9 Å². The van der Waals surface area contributed by atoms with Crippen LogP contribution in [0.1, 0.15) is 29.5 Å². The molecule has 1 amide bonds. The van der Waals surface area contributed by atoms with Gasteiger partial charge in [-0.2, -0.15) is 5.10 Å². The molecule has 0 spiro atoms. The third kappa shape index (κ3) is 2.31. The fraction of sp³-hybridized carbons (Fsp3) is 0.556. The van der Waals surface area contributed by atoms with E-state index in [9.17, 15) is 4.79 Å². The van der Waals surface area contributed by atoms with E-state index in [0.717, 1.165) is 12.1 Å². The van der Waals surface area contributed by atoms with E-state index in [1.165, 1.54) is 0 Å². The van der Waals surface area contributed by atoms with Crippen LogP contribution < -0.4 is 5.32 Å². The number of nitrogens with one attached hydrogen (secondary N) is 1. The van der Waals surface area contributed by atoms with E-state index < -0.39 is 0 Å². The van der Waals surface area contributed by atoms with Gasteiger partial charge in [-0.05, 0) is 19.4 Å². The molecule has 0 aliphatic rings. The molecule has 0 bridgehead atoms. The quantitative estimate of drug-likeness (QED) is 0.752. The summed E-state index contributed by atoms with van der Waals surface area (Å²) in [6, 6.07) is 1.78. The molecule has 0 saturated heterocycles. The molecule has 0 aromatic carbocycles. The maximum Gasteiger partial charge on any atom is 0.269 e. The second-order valence-electron chi connectivity index (χ2n) is 3.05. The van der Waals surface area contributed by atoms with Gasteiger partial charge in [0.05, 0.1) is 5.69 Å². The smallest absolute Gasteiger partial charge is 0.269 e. The van der Waals surface area contributed by atoms with Crippen molar-refractivity contribution in [2.75, 3.05) is 6.54 Å². The van der Waals surface area contributed by atoms with E-state index in [0.29, 0.717) is 12.2 Å². The summed E-state index contributed by atoms with van der Waals surface area (Å²) >= 11 is 0. The van der Waals surface area contributed by atoms with E-state index in [2.05, 4.69) is 10.4 Å². The molecule has 72 valence electrons. The molecule has 1 aromatic rings. The monoisotopic (exact) mass is 181 g/mol. The van der Waals surface area contributed by atoms with Crippen LogP contribution in [0.2, 0.25) is 0 Å². The highest BCUT2D eigenvalue weighted by molar-refractivity contribution is 5.92. The van der Waals surface area contributed by atoms with Crippen molar-refractivity contribution in [2.45, 2.75) is 20.3 Å². The minimum atomic E-state index is -0.0510. The lowest BCUT2D eigenvalue weighted by atomic mass is 10.3. The van der Waals surface area contributed by atoms with Crippen molar-refractivity contribution in [1.29, 1.82) is 0 Å². The van der Waals surface area contributed by atoms with Gasteiger partial charge in [0, 0.05) is 13.6 Å². The van der Waals surface area contributed by atoms with E-state index in [4.69, 9.17) is 0 Å². The maximum absolute atomic E-state index is 11.5. The largest absolute Gasteiger partial charge is 0.351 e. The van der Waals surface area contributed by atoms with Gasteiger partial charge < -0.3 is 5.32 Å². The van der Waals surface area contributed by atoms with Crippen LogP contribution in [0.5, 0.6) is 0 Å². The van der Waals surface area contributed by atoms with E-state index in [1.807, 2.05) is 13.8 Å². The van der Waals surface area contributed by atoms with Crippen molar-refractivity contribution in [1.82, 2.24) is 15.1 Å². The highest BCUT2D eigenvalue weighted by atomic mass is 16.2. The van der Waals surface area contributed by atoms with E-state index in [-0.39, 0.29) is 5.91 Å². The topological polar surface area (TPSA) is 46.9 Å². The van der Waals surface area contributed by atoms with Crippen LogP contribution in [0.25, 0.3) is 0 Å². The van der Waals surface area contributed by atoms with Gasteiger partial charge in [0.2, 0.25) is 0 Å². The number of aromatic nitrogens is 2. The number of rotatable bonds is 3. The summed E-state index contributed by atoms with van der Waals surface area (Å²) in [6.07, 6.45) is 0.947. The van der Waals surface area contributed by atoms with Crippen LogP contribution >= 0.6 is 0 Å². The minimum Gasteiger partial charge on any atom is -0.351 e. The molecule has 1 heterocycles. The molecule has 0 fully saturated rings. The lowest BCUT2D eigenvalue weighted by molar-refractivity contribution is 0.0944. The Balaban J connectivity index is 2.70. The average Bonchev–Trinajstić information content (AvgIpc) is 2.41. The van der Waals surface area contributed by atoms with Gasteiger partial charge in [0.25, 0.3) is 5.91 Å². The first kappa shape index (κ1) is 9.77. The third-order valence-corrected chi connectivity index (χ3v) is 1.77. The molecule has 4 nitrogen and oxygen atoms in total. The first-order valence-electron chi connectivity index (χ1n) is 4.44. The van der Waals surface area contributed by atoms with Gasteiger partial charge in [-0.1, -0.05) is 6.92 Å². The maximum atomic E-state index is 11.5. The zero-order chi connectivity index (χ0) is 9.84. The van der Waals surface area contributed by atoms with Gasteiger partial charge in [0.15, 0.2) is 0 Å². The Hall–Kier alpha value is -1.32. The molecule has 1 rings (SSSR count). The molecule has 4 heteroatoms. The number of hydrogen-bond donors (Lipinski definition) is 1. The Morgan fingerprint density at radius 1 is 1.69 bits per heavy atom. The summed E-state index contributed by atoms with van der Waals surface area (Å²) in [5.41, 5.74) is 1.48. The zero-order valence-corrected chi connectivity index (χ0v) is 8.29. The van der Waals surface area contributed by atoms with Crippen molar-refractivity contribution in [3.05, 3.63) is 17.5 Å². The Kier molecular flexibility index (Phi) is 3.06. The number of carbonyl (C=O) groups excluding carboxylic acids is 1. The van der Waals surface area contributed by atoms with E-state index in [1.54, 1.807) is 17.8 Å². The lowest BCUT2D eigenvalue weighted by Crippen LogP contribution is -2.26. The summed E-state index contributed by atoms with van der Waals surface area (Å²) in [7, 11) is 1.77. The van der Waals surface area contributed by atoms with Gasteiger partial charge in [0.1, 0.15) is 5.69 Å². The molecule has 1 N–H and O–H groups in total. The fourth-order valence-electron chi connectivity index (χ4n) is 1.15. The van der Waals surface area contributed by atoms with Gasteiger partial charge in [-0.15, -0.1) is 0 Å². The molecule has 0 aliphatic carbocycles. The van der Waals surface area contributed by atoms with Crippen molar-refractivity contribution < 1.29 is 4.79 Å². The molecule has 0 unspecified atom stereocenters. The minimum absolute atomic E-state index is 0.0510. The van der Waals surface area contributed by atoms with Crippen LogP contribution in [0.15, 0.2) is 6.07 Å². The Morgan fingerprint density at radius 2 is 2.38 bits per heavy atom. The standard InChI is InChI=1S/C9H15N3O/c1-4-5-10-9(13)8-6-7(2)11-12(8)3/h6H,4-5H2,1-3H3,(H,10,13). The van der Waals surface area contributed by atoms with Crippen LogP contribution in [-0.2, 0) is 7.05 Å². The van der Waals surface area contributed by atoms with Crippen molar-refractivity contribution in [3.63, 3.8) is 0 Å².